The monoisotopic (exact) mass is 544 g/mol. The van der Waals surface area contributed by atoms with Gasteiger partial charge in [0.05, 0.1) is 25.7 Å². The van der Waals surface area contributed by atoms with Crippen LogP contribution in [-0.2, 0) is 27.4 Å². The molecule has 0 radical (unpaired) electrons. The third kappa shape index (κ3) is 6.28. The van der Waals surface area contributed by atoms with Crippen LogP contribution in [0.3, 0.4) is 0 Å². The molecule has 3 aromatic rings. The van der Waals surface area contributed by atoms with Gasteiger partial charge in [0.25, 0.3) is 0 Å². The van der Waals surface area contributed by atoms with Crippen molar-refractivity contribution in [1.29, 1.82) is 0 Å². The van der Waals surface area contributed by atoms with Crippen LogP contribution in [-0.4, -0.2) is 43.1 Å². The Morgan fingerprint density at radius 2 is 1.48 bits per heavy atom. The Morgan fingerprint density at radius 3 is 2.05 bits per heavy atom. The molecule has 3 amide bonds. The van der Waals surface area contributed by atoms with Gasteiger partial charge in [-0.2, -0.15) is 0 Å². The molecule has 4 rings (SSSR count). The summed E-state index contributed by atoms with van der Waals surface area (Å²) >= 11 is 0. The number of aryl methyl sites for hydroxylation is 1. The van der Waals surface area contributed by atoms with E-state index in [9.17, 15) is 14.4 Å². The molecule has 0 unspecified atom stereocenters. The SMILES string of the molecule is COc1ccc(CCC[C@@]2(C)C(=O)N(C(=O)N[C@H](C)c3ccccc3)[C@@H]2C(=O)OCc2ccc(OC)cc2)cc1. The van der Waals surface area contributed by atoms with Gasteiger partial charge >= 0.3 is 12.0 Å². The summed E-state index contributed by atoms with van der Waals surface area (Å²) in [7, 11) is 3.20. The molecule has 1 N–H and O–H groups in total. The third-order valence-electron chi connectivity index (χ3n) is 7.51. The summed E-state index contributed by atoms with van der Waals surface area (Å²) in [4.78, 5) is 41.2. The van der Waals surface area contributed by atoms with E-state index in [1.807, 2.05) is 61.5 Å². The number of benzene rings is 3. The molecule has 40 heavy (non-hydrogen) atoms. The second-order valence-electron chi connectivity index (χ2n) is 10.2. The standard InChI is InChI=1S/C32H36N2O6/c1-22(25-10-6-5-7-11-25)33-31(37)34-28(29(35)40-21-24-14-18-27(39-4)19-15-24)32(2,30(34)36)20-8-9-23-12-16-26(38-3)17-13-23/h5-7,10-19,22,28H,8-9,20-21H2,1-4H3,(H,33,37)/t22-,28-,32-/m1/s1. The lowest BCUT2D eigenvalue weighted by Gasteiger charge is -2.51. The molecule has 1 saturated heterocycles. The first kappa shape index (κ1) is 28.7. The van der Waals surface area contributed by atoms with Gasteiger partial charge in [0.1, 0.15) is 18.1 Å². The highest BCUT2D eigenvalue weighted by Crippen LogP contribution is 2.44. The van der Waals surface area contributed by atoms with Crippen LogP contribution in [0.5, 0.6) is 11.5 Å². The first-order valence-electron chi connectivity index (χ1n) is 13.4. The Balaban J connectivity index is 1.47. The van der Waals surface area contributed by atoms with Gasteiger partial charge in [0.15, 0.2) is 6.04 Å². The third-order valence-corrected chi connectivity index (χ3v) is 7.51. The number of urea groups is 1. The molecule has 0 spiro atoms. The molecule has 3 atom stereocenters. The van der Waals surface area contributed by atoms with Crippen LogP contribution < -0.4 is 14.8 Å². The summed E-state index contributed by atoms with van der Waals surface area (Å²) in [5.74, 6) is 0.478. The van der Waals surface area contributed by atoms with Gasteiger partial charge in [0.2, 0.25) is 5.91 Å². The number of carbonyl (C=O) groups excluding carboxylic acids is 3. The minimum atomic E-state index is -1.06. The molecule has 1 fully saturated rings. The van der Waals surface area contributed by atoms with Crippen LogP contribution in [0.2, 0.25) is 0 Å². The maximum Gasteiger partial charge on any atom is 0.330 e. The molecule has 3 aromatic carbocycles. The number of imide groups is 1. The molecule has 8 heteroatoms. The first-order valence-corrected chi connectivity index (χ1v) is 13.4. The Morgan fingerprint density at radius 1 is 0.900 bits per heavy atom. The molecular weight excluding hydrogens is 508 g/mol. The number of amides is 3. The fourth-order valence-electron chi connectivity index (χ4n) is 5.03. The van der Waals surface area contributed by atoms with Crippen molar-refractivity contribution in [3.05, 3.63) is 95.6 Å². The Hall–Kier alpha value is -4.33. The lowest BCUT2D eigenvalue weighted by atomic mass is 9.68. The topological polar surface area (TPSA) is 94.2 Å². The number of methoxy groups -OCH3 is 2. The summed E-state index contributed by atoms with van der Waals surface area (Å²) in [6, 6.07) is 22.4. The van der Waals surface area contributed by atoms with Gasteiger partial charge in [-0.15, -0.1) is 0 Å². The van der Waals surface area contributed by atoms with E-state index in [0.717, 1.165) is 33.8 Å². The Labute approximate surface area is 235 Å². The van der Waals surface area contributed by atoms with E-state index in [1.165, 1.54) is 0 Å². The summed E-state index contributed by atoms with van der Waals surface area (Å²) in [6.07, 6.45) is 1.81. The number of likely N-dealkylation sites (tertiary alicyclic amines) is 1. The van der Waals surface area contributed by atoms with Gasteiger partial charge in [-0.25, -0.2) is 14.5 Å². The zero-order chi connectivity index (χ0) is 28.7. The fraction of sp³-hybridized carbons (Fsp3) is 0.344. The van der Waals surface area contributed by atoms with Crippen LogP contribution in [0.4, 0.5) is 4.79 Å². The Bertz CT molecular complexity index is 1310. The van der Waals surface area contributed by atoms with Crippen molar-refractivity contribution in [2.75, 3.05) is 14.2 Å². The molecule has 1 aliphatic heterocycles. The van der Waals surface area contributed by atoms with Crippen LogP contribution in [0.25, 0.3) is 0 Å². The highest BCUT2D eigenvalue weighted by molar-refractivity contribution is 6.10. The van der Waals surface area contributed by atoms with Crippen molar-refractivity contribution in [1.82, 2.24) is 10.2 Å². The number of esters is 1. The van der Waals surface area contributed by atoms with Gasteiger partial charge in [0, 0.05) is 0 Å². The van der Waals surface area contributed by atoms with Gasteiger partial charge in [-0.1, -0.05) is 54.6 Å². The van der Waals surface area contributed by atoms with E-state index in [0.29, 0.717) is 18.6 Å². The normalized spacial score (nSPS) is 18.9. The minimum absolute atomic E-state index is 0.0192. The van der Waals surface area contributed by atoms with Gasteiger partial charge < -0.3 is 19.5 Å². The van der Waals surface area contributed by atoms with Crippen LogP contribution in [0.15, 0.2) is 78.9 Å². The van der Waals surface area contributed by atoms with Crippen molar-refractivity contribution in [3.8, 4) is 11.5 Å². The molecule has 0 saturated carbocycles. The summed E-state index contributed by atoms with van der Waals surface area (Å²) < 4.78 is 16.0. The van der Waals surface area contributed by atoms with Gasteiger partial charge in [-0.3, -0.25) is 4.79 Å². The second kappa shape index (κ2) is 12.7. The summed E-state index contributed by atoms with van der Waals surface area (Å²) in [6.45, 7) is 3.60. The van der Waals surface area contributed by atoms with E-state index < -0.39 is 23.5 Å². The van der Waals surface area contributed by atoms with Crippen molar-refractivity contribution < 1.29 is 28.6 Å². The largest absolute Gasteiger partial charge is 0.497 e. The fourth-order valence-corrected chi connectivity index (χ4v) is 5.03. The molecule has 0 aliphatic carbocycles. The molecule has 0 bridgehead atoms. The van der Waals surface area contributed by atoms with Crippen LogP contribution >= 0.6 is 0 Å². The van der Waals surface area contributed by atoms with E-state index in [2.05, 4.69) is 5.32 Å². The number of hydrogen-bond acceptors (Lipinski definition) is 6. The number of nitrogens with zero attached hydrogens (tertiary/aromatic N) is 1. The van der Waals surface area contributed by atoms with Crippen molar-refractivity contribution in [2.45, 2.75) is 51.8 Å². The quantitative estimate of drug-likeness (QED) is 0.255. The molecule has 0 aromatic heterocycles. The van der Waals surface area contributed by atoms with Crippen molar-refractivity contribution in [2.24, 2.45) is 5.41 Å². The predicted octanol–water partition coefficient (Wildman–Crippen LogP) is 5.46. The molecule has 1 aliphatic rings. The van der Waals surface area contributed by atoms with Crippen LogP contribution in [0.1, 0.15) is 49.4 Å². The summed E-state index contributed by atoms with van der Waals surface area (Å²) in [5.41, 5.74) is 1.71. The average Bonchev–Trinajstić information content (AvgIpc) is 2.99. The highest BCUT2D eigenvalue weighted by atomic mass is 16.5. The number of carbonyl (C=O) groups is 3. The maximum atomic E-state index is 13.5. The number of ether oxygens (including phenoxy) is 3. The zero-order valence-electron chi connectivity index (χ0n) is 23.4. The lowest BCUT2D eigenvalue weighted by Crippen LogP contribution is -2.73. The average molecular weight is 545 g/mol. The Kier molecular flexibility index (Phi) is 9.09. The smallest absolute Gasteiger partial charge is 0.330 e. The number of hydrogen-bond donors (Lipinski definition) is 1. The predicted molar refractivity (Wildman–Crippen MR) is 151 cm³/mol. The maximum absolute atomic E-state index is 13.5. The van der Waals surface area contributed by atoms with E-state index in [-0.39, 0.29) is 18.6 Å². The highest BCUT2D eigenvalue weighted by Gasteiger charge is 2.63. The number of β-lactam (4-membered cyclic amide) rings is 1. The van der Waals surface area contributed by atoms with E-state index >= 15 is 0 Å². The first-order chi connectivity index (χ1) is 19.3. The number of nitrogens with one attached hydrogen (secondary N) is 1. The lowest BCUT2D eigenvalue weighted by molar-refractivity contribution is -0.181. The molecule has 8 nitrogen and oxygen atoms in total. The molecular formula is C32H36N2O6. The van der Waals surface area contributed by atoms with E-state index in [4.69, 9.17) is 14.2 Å². The van der Waals surface area contributed by atoms with Crippen LogP contribution in [0, 0.1) is 5.41 Å². The summed E-state index contributed by atoms with van der Waals surface area (Å²) in [5, 5.41) is 2.86. The van der Waals surface area contributed by atoms with Gasteiger partial charge in [-0.05, 0) is 74.1 Å². The second-order valence-corrected chi connectivity index (χ2v) is 10.2. The molecule has 1 heterocycles. The minimum Gasteiger partial charge on any atom is -0.497 e. The number of rotatable bonds is 11. The zero-order valence-corrected chi connectivity index (χ0v) is 23.4. The van der Waals surface area contributed by atoms with Crippen molar-refractivity contribution >= 4 is 17.9 Å². The van der Waals surface area contributed by atoms with Crippen molar-refractivity contribution in [3.63, 3.8) is 0 Å². The molecule has 210 valence electrons. The van der Waals surface area contributed by atoms with E-state index in [1.54, 1.807) is 45.4 Å².